The molecular formula is C11H10N2O. The molecular weight excluding hydrogens is 176 g/mol. The van der Waals surface area contributed by atoms with Crippen molar-refractivity contribution in [1.29, 1.82) is 0 Å². The van der Waals surface area contributed by atoms with Gasteiger partial charge in [-0.1, -0.05) is 6.92 Å². The van der Waals surface area contributed by atoms with Gasteiger partial charge in [-0.15, -0.1) is 0 Å². The zero-order valence-corrected chi connectivity index (χ0v) is 7.87. The second kappa shape index (κ2) is 2.61. The van der Waals surface area contributed by atoms with Crippen LogP contribution >= 0.6 is 0 Å². The Balaban J connectivity index is 2.49. The number of H-pyrrole nitrogens is 1. The first-order valence-corrected chi connectivity index (χ1v) is 4.73. The van der Waals surface area contributed by atoms with Crippen LogP contribution in [-0.4, -0.2) is 10.2 Å². The van der Waals surface area contributed by atoms with Crippen LogP contribution in [0.1, 0.15) is 12.7 Å². The van der Waals surface area contributed by atoms with Gasteiger partial charge in [0.1, 0.15) is 11.3 Å². The highest BCUT2D eigenvalue weighted by Gasteiger charge is 2.06. The molecule has 0 amide bonds. The molecule has 3 aromatic rings. The molecule has 2 aromatic heterocycles. The number of hydrogen-bond donors (Lipinski definition) is 1. The number of benzene rings is 1. The minimum Gasteiger partial charge on any atom is -0.461 e. The van der Waals surface area contributed by atoms with Crippen molar-refractivity contribution in [3.05, 3.63) is 30.2 Å². The maximum atomic E-state index is 5.65. The van der Waals surface area contributed by atoms with Crippen LogP contribution in [0.2, 0.25) is 0 Å². The van der Waals surface area contributed by atoms with Gasteiger partial charge in [0.05, 0.1) is 11.7 Å². The number of aryl methyl sites for hydroxylation is 1. The fourth-order valence-corrected chi connectivity index (χ4v) is 1.75. The van der Waals surface area contributed by atoms with E-state index in [0.29, 0.717) is 0 Å². The summed E-state index contributed by atoms with van der Waals surface area (Å²) in [5.41, 5.74) is 1.99. The summed E-state index contributed by atoms with van der Waals surface area (Å²) in [5.74, 6) is 1.02. The van der Waals surface area contributed by atoms with Gasteiger partial charge in [0.2, 0.25) is 0 Å². The average Bonchev–Trinajstić information content (AvgIpc) is 2.82. The molecule has 3 heteroatoms. The van der Waals surface area contributed by atoms with Gasteiger partial charge in [-0.05, 0) is 18.2 Å². The molecule has 1 N–H and O–H groups in total. The Hall–Kier alpha value is -1.77. The molecule has 3 rings (SSSR count). The van der Waals surface area contributed by atoms with E-state index in [0.717, 1.165) is 34.1 Å². The van der Waals surface area contributed by atoms with E-state index in [4.69, 9.17) is 4.42 Å². The normalized spacial score (nSPS) is 11.5. The molecule has 0 radical (unpaired) electrons. The quantitative estimate of drug-likeness (QED) is 0.634. The lowest BCUT2D eigenvalue weighted by Gasteiger charge is -1.88. The zero-order chi connectivity index (χ0) is 9.54. The molecule has 0 spiro atoms. The Morgan fingerprint density at radius 1 is 1.43 bits per heavy atom. The molecule has 0 saturated heterocycles. The second-order valence-electron chi connectivity index (χ2n) is 3.38. The van der Waals surface area contributed by atoms with Gasteiger partial charge in [0, 0.05) is 17.2 Å². The minimum absolute atomic E-state index is 0.921. The summed E-state index contributed by atoms with van der Waals surface area (Å²) in [4.78, 5) is 0. The van der Waals surface area contributed by atoms with E-state index in [1.54, 1.807) is 0 Å². The van der Waals surface area contributed by atoms with E-state index in [-0.39, 0.29) is 0 Å². The molecule has 0 atom stereocenters. The van der Waals surface area contributed by atoms with Gasteiger partial charge in [-0.25, -0.2) is 0 Å². The van der Waals surface area contributed by atoms with Crippen LogP contribution in [0.4, 0.5) is 0 Å². The van der Waals surface area contributed by atoms with E-state index in [2.05, 4.69) is 23.2 Å². The summed E-state index contributed by atoms with van der Waals surface area (Å²) in [6.45, 7) is 2.09. The second-order valence-corrected chi connectivity index (χ2v) is 3.38. The Bertz CT molecular complexity index is 591. The minimum atomic E-state index is 0.921. The Morgan fingerprint density at radius 2 is 2.36 bits per heavy atom. The van der Waals surface area contributed by atoms with Gasteiger partial charge in [-0.2, -0.15) is 5.10 Å². The van der Waals surface area contributed by atoms with Crippen molar-refractivity contribution < 1.29 is 4.42 Å². The van der Waals surface area contributed by atoms with E-state index >= 15 is 0 Å². The first-order chi connectivity index (χ1) is 6.88. The Morgan fingerprint density at radius 3 is 3.21 bits per heavy atom. The number of hydrogen-bond acceptors (Lipinski definition) is 2. The molecule has 0 fully saturated rings. The van der Waals surface area contributed by atoms with Gasteiger partial charge >= 0.3 is 0 Å². The highest BCUT2D eigenvalue weighted by Crippen LogP contribution is 2.26. The van der Waals surface area contributed by atoms with E-state index in [1.165, 1.54) is 0 Å². The maximum absolute atomic E-state index is 5.65. The lowest BCUT2D eigenvalue weighted by Crippen LogP contribution is -1.69. The highest BCUT2D eigenvalue weighted by molar-refractivity contribution is 6.03. The zero-order valence-electron chi connectivity index (χ0n) is 7.87. The summed E-state index contributed by atoms with van der Waals surface area (Å²) in [6, 6.07) is 6.09. The summed E-state index contributed by atoms with van der Waals surface area (Å²) < 4.78 is 5.65. The van der Waals surface area contributed by atoms with Gasteiger partial charge in [-0.3, -0.25) is 5.10 Å². The standard InChI is InChI=1S/C11H10N2O/c1-2-8-5-9-10(14-8)4-3-7-6-12-13-11(7)9/h3-6H,2H2,1H3,(H,12,13). The van der Waals surface area contributed by atoms with Gasteiger partial charge in [0.15, 0.2) is 0 Å². The van der Waals surface area contributed by atoms with Crippen molar-refractivity contribution in [3.8, 4) is 0 Å². The highest BCUT2D eigenvalue weighted by atomic mass is 16.3. The number of fused-ring (bicyclic) bond motifs is 3. The lowest BCUT2D eigenvalue weighted by molar-refractivity contribution is 0.557. The van der Waals surface area contributed by atoms with Crippen LogP contribution in [-0.2, 0) is 6.42 Å². The first-order valence-electron chi connectivity index (χ1n) is 4.73. The predicted octanol–water partition coefficient (Wildman–Crippen LogP) is 2.87. The largest absolute Gasteiger partial charge is 0.461 e. The number of aromatic amines is 1. The average molecular weight is 186 g/mol. The molecule has 0 saturated carbocycles. The topological polar surface area (TPSA) is 41.8 Å². The number of nitrogens with zero attached hydrogens (tertiary/aromatic N) is 1. The van der Waals surface area contributed by atoms with Crippen LogP contribution in [0.25, 0.3) is 21.9 Å². The van der Waals surface area contributed by atoms with Gasteiger partial charge in [0.25, 0.3) is 0 Å². The fourth-order valence-electron chi connectivity index (χ4n) is 1.75. The van der Waals surface area contributed by atoms with Crippen molar-refractivity contribution in [2.24, 2.45) is 0 Å². The molecule has 0 bridgehead atoms. The summed E-state index contributed by atoms with van der Waals surface area (Å²) in [7, 11) is 0. The van der Waals surface area contributed by atoms with Crippen LogP contribution in [0.5, 0.6) is 0 Å². The number of rotatable bonds is 1. The molecule has 0 aliphatic carbocycles. The lowest BCUT2D eigenvalue weighted by atomic mass is 10.2. The predicted molar refractivity (Wildman–Crippen MR) is 55.2 cm³/mol. The number of aromatic nitrogens is 2. The van der Waals surface area contributed by atoms with Gasteiger partial charge < -0.3 is 4.42 Å². The molecule has 0 unspecified atom stereocenters. The first kappa shape index (κ1) is 7.62. The molecule has 70 valence electrons. The molecule has 0 aliphatic rings. The Kier molecular flexibility index (Phi) is 1.42. The molecule has 1 aromatic carbocycles. The van der Waals surface area contributed by atoms with Crippen LogP contribution < -0.4 is 0 Å². The number of nitrogens with one attached hydrogen (secondary N) is 1. The summed E-state index contributed by atoms with van der Waals surface area (Å²) >= 11 is 0. The third kappa shape index (κ3) is 0.894. The third-order valence-corrected chi connectivity index (χ3v) is 2.51. The van der Waals surface area contributed by atoms with Crippen molar-refractivity contribution in [2.45, 2.75) is 13.3 Å². The van der Waals surface area contributed by atoms with Crippen LogP contribution in [0.3, 0.4) is 0 Å². The third-order valence-electron chi connectivity index (χ3n) is 2.51. The van der Waals surface area contributed by atoms with Crippen molar-refractivity contribution in [2.75, 3.05) is 0 Å². The fraction of sp³-hybridized carbons (Fsp3) is 0.182. The van der Waals surface area contributed by atoms with E-state index in [1.807, 2.05) is 18.3 Å². The Labute approximate surface area is 80.7 Å². The van der Waals surface area contributed by atoms with E-state index in [9.17, 15) is 0 Å². The molecule has 0 aliphatic heterocycles. The smallest absolute Gasteiger partial charge is 0.136 e. The molecule has 14 heavy (non-hydrogen) atoms. The van der Waals surface area contributed by atoms with Crippen molar-refractivity contribution >= 4 is 21.9 Å². The summed E-state index contributed by atoms with van der Waals surface area (Å²) in [6.07, 6.45) is 2.75. The summed E-state index contributed by atoms with van der Waals surface area (Å²) in [5, 5.41) is 9.26. The molecule has 3 nitrogen and oxygen atoms in total. The van der Waals surface area contributed by atoms with Crippen LogP contribution in [0, 0.1) is 0 Å². The maximum Gasteiger partial charge on any atom is 0.136 e. The molecule has 2 heterocycles. The van der Waals surface area contributed by atoms with Crippen LogP contribution in [0.15, 0.2) is 28.8 Å². The SMILES string of the molecule is CCc1cc2c(ccc3cn[nH]c32)o1. The van der Waals surface area contributed by atoms with Crippen molar-refractivity contribution in [3.63, 3.8) is 0 Å². The van der Waals surface area contributed by atoms with Crippen molar-refractivity contribution in [1.82, 2.24) is 10.2 Å². The van der Waals surface area contributed by atoms with E-state index < -0.39 is 0 Å². The number of furan rings is 1. The monoisotopic (exact) mass is 186 g/mol.